The van der Waals surface area contributed by atoms with Gasteiger partial charge in [-0.2, -0.15) is 0 Å². The Balaban J connectivity index is 1.84. The highest BCUT2D eigenvalue weighted by molar-refractivity contribution is 7.89. The van der Waals surface area contributed by atoms with Crippen LogP contribution in [0, 0.1) is 0 Å². The molecule has 0 atom stereocenters. The van der Waals surface area contributed by atoms with E-state index in [9.17, 15) is 13.2 Å². The van der Waals surface area contributed by atoms with E-state index in [1.165, 1.54) is 18.6 Å². The molecule has 0 spiro atoms. The number of benzene rings is 1. The summed E-state index contributed by atoms with van der Waals surface area (Å²) in [5.41, 5.74) is 1.26. The molecule has 2 aromatic rings. The predicted octanol–water partition coefficient (Wildman–Crippen LogP) is 0.747. The van der Waals surface area contributed by atoms with Gasteiger partial charge >= 0.3 is 0 Å². The minimum absolute atomic E-state index is 0.0872. The van der Waals surface area contributed by atoms with Crippen LogP contribution in [0.15, 0.2) is 47.8 Å². The van der Waals surface area contributed by atoms with Crippen molar-refractivity contribution in [3.05, 3.63) is 54.1 Å². The van der Waals surface area contributed by atoms with Crippen LogP contribution < -0.4 is 10.0 Å². The number of sulfonamides is 1. The van der Waals surface area contributed by atoms with Crippen LogP contribution in [-0.4, -0.2) is 37.4 Å². The summed E-state index contributed by atoms with van der Waals surface area (Å²) in [6.07, 6.45) is 5.07. The van der Waals surface area contributed by atoms with Crippen molar-refractivity contribution in [1.82, 2.24) is 20.0 Å². The van der Waals surface area contributed by atoms with Gasteiger partial charge in [0.15, 0.2) is 0 Å². The Morgan fingerprint density at radius 2 is 1.87 bits per heavy atom. The third-order valence-electron chi connectivity index (χ3n) is 3.14. The molecule has 0 bridgehead atoms. The van der Waals surface area contributed by atoms with Gasteiger partial charge in [-0.1, -0.05) is 19.1 Å². The summed E-state index contributed by atoms with van der Waals surface area (Å²) in [5.74, 6) is -0.399. The molecule has 0 fully saturated rings. The van der Waals surface area contributed by atoms with Crippen LogP contribution >= 0.6 is 0 Å². The van der Waals surface area contributed by atoms with Crippen LogP contribution in [0.1, 0.15) is 23.0 Å². The molecule has 0 aliphatic carbocycles. The second kappa shape index (κ2) is 7.80. The average Bonchev–Trinajstić information content (AvgIpc) is 2.59. The zero-order valence-corrected chi connectivity index (χ0v) is 13.5. The van der Waals surface area contributed by atoms with Gasteiger partial charge < -0.3 is 5.32 Å². The van der Waals surface area contributed by atoms with Crippen LogP contribution in [0.25, 0.3) is 0 Å². The number of carbonyl (C=O) groups excluding carboxylic acids is 1. The highest BCUT2D eigenvalue weighted by Gasteiger charge is 2.13. The first-order valence-electron chi connectivity index (χ1n) is 7.16. The standard InChI is InChI=1S/C15H18N4O3S/c1-2-12-3-5-13(6-4-12)23(21,22)19-10-9-18-15(20)14-11-16-7-8-17-14/h3-8,11,19H,2,9-10H2,1H3,(H,18,20). The quantitative estimate of drug-likeness (QED) is 0.728. The lowest BCUT2D eigenvalue weighted by Gasteiger charge is -2.08. The normalized spacial score (nSPS) is 11.2. The van der Waals surface area contributed by atoms with Gasteiger partial charge in [0.05, 0.1) is 11.1 Å². The Labute approximate surface area is 135 Å². The summed E-state index contributed by atoms with van der Waals surface area (Å²) in [6.45, 7) is 2.24. The van der Waals surface area contributed by atoms with Gasteiger partial charge in [0.25, 0.3) is 5.91 Å². The molecule has 1 aromatic heterocycles. The maximum atomic E-state index is 12.1. The highest BCUT2D eigenvalue weighted by Crippen LogP contribution is 2.10. The van der Waals surface area contributed by atoms with Crippen molar-refractivity contribution in [1.29, 1.82) is 0 Å². The minimum Gasteiger partial charge on any atom is -0.349 e. The Morgan fingerprint density at radius 1 is 1.13 bits per heavy atom. The lowest BCUT2D eigenvalue weighted by Crippen LogP contribution is -2.35. The molecule has 0 aliphatic heterocycles. The minimum atomic E-state index is -3.58. The molecule has 0 aliphatic rings. The first-order chi connectivity index (χ1) is 11.0. The van der Waals surface area contributed by atoms with Gasteiger partial charge in [-0.3, -0.25) is 9.78 Å². The number of hydrogen-bond acceptors (Lipinski definition) is 5. The van der Waals surface area contributed by atoms with Gasteiger partial charge in [0.1, 0.15) is 5.69 Å². The SMILES string of the molecule is CCc1ccc(S(=O)(=O)NCCNC(=O)c2cnccn2)cc1. The summed E-state index contributed by atoms with van der Waals surface area (Å²) in [7, 11) is -3.58. The lowest BCUT2D eigenvalue weighted by molar-refractivity contribution is 0.0949. The van der Waals surface area contributed by atoms with E-state index in [-0.39, 0.29) is 23.7 Å². The van der Waals surface area contributed by atoms with Crippen molar-refractivity contribution in [2.24, 2.45) is 0 Å². The third kappa shape index (κ3) is 4.83. The fraction of sp³-hybridized carbons (Fsp3) is 0.267. The Morgan fingerprint density at radius 3 is 2.48 bits per heavy atom. The van der Waals surface area contributed by atoms with E-state index in [2.05, 4.69) is 20.0 Å². The molecular weight excluding hydrogens is 316 g/mol. The van der Waals surface area contributed by atoms with Gasteiger partial charge in [-0.05, 0) is 24.1 Å². The monoisotopic (exact) mass is 334 g/mol. The molecule has 2 N–H and O–H groups in total. The summed E-state index contributed by atoms with van der Waals surface area (Å²) in [5, 5.41) is 2.57. The third-order valence-corrected chi connectivity index (χ3v) is 4.62. The van der Waals surface area contributed by atoms with E-state index in [1.54, 1.807) is 24.3 Å². The van der Waals surface area contributed by atoms with E-state index in [0.29, 0.717) is 0 Å². The van der Waals surface area contributed by atoms with Crippen molar-refractivity contribution in [2.45, 2.75) is 18.2 Å². The lowest BCUT2D eigenvalue weighted by atomic mass is 10.2. The molecule has 8 heteroatoms. The van der Waals surface area contributed by atoms with Crippen molar-refractivity contribution in [3.8, 4) is 0 Å². The Kier molecular flexibility index (Phi) is 5.78. The number of aryl methyl sites for hydroxylation is 1. The molecule has 1 amide bonds. The van der Waals surface area contributed by atoms with Gasteiger partial charge in [0.2, 0.25) is 10.0 Å². The number of nitrogens with zero attached hydrogens (tertiary/aromatic N) is 2. The molecule has 0 saturated carbocycles. The van der Waals surface area contributed by atoms with Crippen LogP contribution in [-0.2, 0) is 16.4 Å². The number of rotatable bonds is 7. The molecule has 122 valence electrons. The van der Waals surface area contributed by atoms with Crippen molar-refractivity contribution >= 4 is 15.9 Å². The Bertz CT molecular complexity index is 746. The number of aromatic nitrogens is 2. The number of carbonyl (C=O) groups is 1. The smallest absolute Gasteiger partial charge is 0.271 e. The van der Waals surface area contributed by atoms with Crippen molar-refractivity contribution in [3.63, 3.8) is 0 Å². The summed E-state index contributed by atoms with van der Waals surface area (Å²) in [6, 6.07) is 6.70. The average molecular weight is 334 g/mol. The van der Waals surface area contributed by atoms with Crippen LogP contribution in [0.2, 0.25) is 0 Å². The number of amides is 1. The second-order valence-electron chi connectivity index (χ2n) is 4.74. The highest BCUT2D eigenvalue weighted by atomic mass is 32.2. The predicted molar refractivity (Wildman–Crippen MR) is 85.4 cm³/mol. The maximum absolute atomic E-state index is 12.1. The molecule has 0 saturated heterocycles. The first-order valence-corrected chi connectivity index (χ1v) is 8.64. The van der Waals surface area contributed by atoms with E-state index in [1.807, 2.05) is 6.92 Å². The molecule has 0 unspecified atom stereocenters. The zero-order valence-electron chi connectivity index (χ0n) is 12.7. The van der Waals surface area contributed by atoms with Gasteiger partial charge in [0, 0.05) is 25.5 Å². The Hall–Kier alpha value is -2.32. The van der Waals surface area contributed by atoms with E-state index in [4.69, 9.17) is 0 Å². The van der Waals surface area contributed by atoms with Crippen LogP contribution in [0.5, 0.6) is 0 Å². The molecule has 7 nitrogen and oxygen atoms in total. The molecule has 0 radical (unpaired) electrons. The largest absolute Gasteiger partial charge is 0.349 e. The fourth-order valence-electron chi connectivity index (χ4n) is 1.86. The molecule has 1 aromatic carbocycles. The van der Waals surface area contributed by atoms with Crippen molar-refractivity contribution in [2.75, 3.05) is 13.1 Å². The summed E-state index contributed by atoms with van der Waals surface area (Å²) >= 11 is 0. The molecule has 2 rings (SSSR count). The van der Waals surface area contributed by atoms with Gasteiger partial charge in [-0.15, -0.1) is 0 Å². The first kappa shape index (κ1) is 17.0. The maximum Gasteiger partial charge on any atom is 0.271 e. The molecule has 23 heavy (non-hydrogen) atoms. The summed E-state index contributed by atoms with van der Waals surface area (Å²) < 4.78 is 26.6. The zero-order chi connectivity index (χ0) is 16.7. The van der Waals surface area contributed by atoms with Crippen LogP contribution in [0.3, 0.4) is 0 Å². The van der Waals surface area contributed by atoms with E-state index >= 15 is 0 Å². The van der Waals surface area contributed by atoms with E-state index in [0.717, 1.165) is 12.0 Å². The topological polar surface area (TPSA) is 101 Å². The van der Waals surface area contributed by atoms with Crippen LogP contribution in [0.4, 0.5) is 0 Å². The number of hydrogen-bond donors (Lipinski definition) is 2. The van der Waals surface area contributed by atoms with Crippen molar-refractivity contribution < 1.29 is 13.2 Å². The van der Waals surface area contributed by atoms with E-state index < -0.39 is 15.9 Å². The fourth-order valence-corrected chi connectivity index (χ4v) is 2.89. The number of nitrogens with one attached hydrogen (secondary N) is 2. The summed E-state index contributed by atoms with van der Waals surface area (Å²) in [4.78, 5) is 19.6. The molecular formula is C15H18N4O3S. The second-order valence-corrected chi connectivity index (χ2v) is 6.51. The van der Waals surface area contributed by atoms with Gasteiger partial charge in [-0.25, -0.2) is 18.1 Å². The molecule has 1 heterocycles.